The zero-order valence-corrected chi connectivity index (χ0v) is 12.4. The fourth-order valence-electron chi connectivity index (χ4n) is 3.24. The van der Waals surface area contributed by atoms with Crippen LogP contribution in [0.25, 0.3) is 0 Å². The van der Waals surface area contributed by atoms with Gasteiger partial charge in [0.2, 0.25) is 0 Å². The zero-order chi connectivity index (χ0) is 13.5. The minimum Gasteiger partial charge on any atom is -0.335 e. The van der Waals surface area contributed by atoms with Crippen molar-refractivity contribution in [3.63, 3.8) is 0 Å². The summed E-state index contributed by atoms with van der Waals surface area (Å²) in [4.78, 5) is 4.45. The number of rotatable bonds is 7. The van der Waals surface area contributed by atoms with Crippen LogP contribution in [0.15, 0.2) is 12.4 Å². The Kier molecular flexibility index (Phi) is 5.90. The van der Waals surface area contributed by atoms with E-state index in [4.69, 9.17) is 5.73 Å². The van der Waals surface area contributed by atoms with Crippen LogP contribution >= 0.6 is 0 Å². The predicted molar refractivity (Wildman–Crippen MR) is 80.0 cm³/mol. The molecule has 2 rings (SSSR count). The van der Waals surface area contributed by atoms with Crippen LogP contribution in [0, 0.1) is 5.92 Å². The zero-order valence-electron chi connectivity index (χ0n) is 12.4. The van der Waals surface area contributed by atoms with Crippen molar-refractivity contribution in [3.05, 3.63) is 18.2 Å². The molecule has 0 bridgehead atoms. The maximum atomic E-state index is 6.29. The van der Waals surface area contributed by atoms with Gasteiger partial charge >= 0.3 is 0 Å². The van der Waals surface area contributed by atoms with E-state index in [-0.39, 0.29) is 6.04 Å². The molecule has 0 amide bonds. The molecule has 0 radical (unpaired) electrons. The van der Waals surface area contributed by atoms with Crippen molar-refractivity contribution in [1.29, 1.82) is 0 Å². The van der Waals surface area contributed by atoms with Crippen molar-refractivity contribution >= 4 is 0 Å². The highest BCUT2D eigenvalue weighted by molar-refractivity contribution is 4.95. The highest BCUT2D eigenvalue weighted by atomic mass is 15.1. The van der Waals surface area contributed by atoms with Crippen LogP contribution in [0.1, 0.15) is 64.1 Å². The van der Waals surface area contributed by atoms with Gasteiger partial charge in [-0.25, -0.2) is 4.98 Å². The molecule has 108 valence electrons. The van der Waals surface area contributed by atoms with E-state index in [1.807, 2.05) is 6.20 Å². The Labute approximate surface area is 117 Å². The summed E-state index contributed by atoms with van der Waals surface area (Å²) in [7, 11) is 0. The van der Waals surface area contributed by atoms with Crippen molar-refractivity contribution in [2.75, 3.05) is 0 Å². The second-order valence-corrected chi connectivity index (χ2v) is 6.08. The van der Waals surface area contributed by atoms with Crippen molar-refractivity contribution < 1.29 is 0 Å². The van der Waals surface area contributed by atoms with E-state index in [9.17, 15) is 0 Å². The van der Waals surface area contributed by atoms with Crippen LogP contribution in [0.3, 0.4) is 0 Å². The lowest BCUT2D eigenvalue weighted by Crippen LogP contribution is -2.26. The van der Waals surface area contributed by atoms with Crippen LogP contribution in [0.2, 0.25) is 0 Å². The molecule has 1 aromatic rings. The molecular weight excluding hydrogens is 234 g/mol. The molecule has 19 heavy (non-hydrogen) atoms. The molecule has 1 heterocycles. The summed E-state index contributed by atoms with van der Waals surface area (Å²) in [5.41, 5.74) is 6.29. The quantitative estimate of drug-likeness (QED) is 0.818. The molecule has 1 aliphatic rings. The van der Waals surface area contributed by atoms with Crippen molar-refractivity contribution in [2.24, 2.45) is 11.7 Å². The largest absolute Gasteiger partial charge is 0.335 e. The van der Waals surface area contributed by atoms with Crippen molar-refractivity contribution in [2.45, 2.75) is 77.3 Å². The molecule has 0 saturated heterocycles. The van der Waals surface area contributed by atoms with Gasteiger partial charge in [-0.2, -0.15) is 0 Å². The predicted octanol–water partition coefficient (Wildman–Crippen LogP) is 3.52. The summed E-state index contributed by atoms with van der Waals surface area (Å²) in [6.07, 6.45) is 15.7. The van der Waals surface area contributed by atoms with Crippen molar-refractivity contribution in [1.82, 2.24) is 9.55 Å². The molecule has 0 spiro atoms. The molecule has 3 nitrogen and oxygen atoms in total. The summed E-state index contributed by atoms with van der Waals surface area (Å²) in [5.74, 6) is 2.10. The Hall–Kier alpha value is -0.830. The second kappa shape index (κ2) is 7.68. The summed E-state index contributed by atoms with van der Waals surface area (Å²) < 4.78 is 2.25. The molecule has 1 fully saturated rings. The van der Waals surface area contributed by atoms with Gasteiger partial charge in [0.25, 0.3) is 0 Å². The lowest BCUT2D eigenvalue weighted by atomic mass is 9.85. The van der Waals surface area contributed by atoms with Gasteiger partial charge in [-0.3, -0.25) is 0 Å². The smallest absolute Gasteiger partial charge is 0.110 e. The number of nitrogens with zero attached hydrogens (tertiary/aromatic N) is 2. The van der Waals surface area contributed by atoms with Gasteiger partial charge in [-0.05, 0) is 25.2 Å². The first-order valence-electron chi connectivity index (χ1n) is 8.05. The minimum absolute atomic E-state index is 0.278. The number of nitrogens with two attached hydrogens (primary N) is 1. The monoisotopic (exact) mass is 263 g/mol. The van der Waals surface area contributed by atoms with E-state index in [1.165, 1.54) is 38.5 Å². The van der Waals surface area contributed by atoms with E-state index in [0.717, 1.165) is 37.5 Å². The number of aryl methyl sites for hydroxylation is 1. The molecular formula is C16H29N3. The average Bonchev–Trinajstić information content (AvgIpc) is 2.85. The summed E-state index contributed by atoms with van der Waals surface area (Å²) in [5, 5.41) is 0. The summed E-state index contributed by atoms with van der Waals surface area (Å²) in [6.45, 7) is 3.26. The third-order valence-electron chi connectivity index (χ3n) is 4.38. The average molecular weight is 263 g/mol. The number of imidazole rings is 1. The highest BCUT2D eigenvalue weighted by Crippen LogP contribution is 2.27. The first kappa shape index (κ1) is 14.6. The first-order valence-corrected chi connectivity index (χ1v) is 8.05. The fourth-order valence-corrected chi connectivity index (χ4v) is 3.24. The fraction of sp³-hybridized carbons (Fsp3) is 0.812. The molecule has 1 unspecified atom stereocenters. The third kappa shape index (κ3) is 4.64. The van der Waals surface area contributed by atoms with Gasteiger partial charge in [-0.15, -0.1) is 0 Å². The van der Waals surface area contributed by atoms with E-state index >= 15 is 0 Å². The van der Waals surface area contributed by atoms with Crippen molar-refractivity contribution in [3.8, 4) is 0 Å². The van der Waals surface area contributed by atoms with Crippen LogP contribution in [0.5, 0.6) is 0 Å². The molecule has 1 aliphatic carbocycles. The van der Waals surface area contributed by atoms with E-state index in [2.05, 4.69) is 22.7 Å². The normalized spacial score (nSPS) is 18.6. The molecule has 0 aromatic carbocycles. The molecule has 1 atom stereocenters. The second-order valence-electron chi connectivity index (χ2n) is 6.08. The molecule has 3 heteroatoms. The minimum atomic E-state index is 0.278. The van der Waals surface area contributed by atoms with Gasteiger partial charge in [0.05, 0.1) is 0 Å². The van der Waals surface area contributed by atoms with E-state index < -0.39 is 0 Å². The van der Waals surface area contributed by atoms with E-state index in [0.29, 0.717) is 0 Å². The number of aromatic nitrogens is 2. The summed E-state index contributed by atoms with van der Waals surface area (Å²) >= 11 is 0. The van der Waals surface area contributed by atoms with E-state index in [1.54, 1.807) is 0 Å². The lowest BCUT2D eigenvalue weighted by Gasteiger charge is -2.23. The molecule has 2 N–H and O–H groups in total. The Morgan fingerprint density at radius 2 is 2.16 bits per heavy atom. The summed E-state index contributed by atoms with van der Waals surface area (Å²) in [6, 6.07) is 0.278. The topological polar surface area (TPSA) is 43.8 Å². The Balaban J connectivity index is 1.73. The van der Waals surface area contributed by atoms with Gasteiger partial charge < -0.3 is 10.3 Å². The van der Waals surface area contributed by atoms with Crippen LogP contribution in [-0.2, 0) is 13.0 Å². The van der Waals surface area contributed by atoms with Crippen LogP contribution < -0.4 is 5.73 Å². The van der Waals surface area contributed by atoms with Gasteiger partial charge in [0, 0.05) is 31.4 Å². The Bertz CT molecular complexity index is 353. The maximum absolute atomic E-state index is 6.29. The molecule has 1 saturated carbocycles. The Morgan fingerprint density at radius 3 is 2.89 bits per heavy atom. The number of hydrogen-bond donors (Lipinski definition) is 1. The SMILES string of the molecule is CCCn1ccnc1CC(N)CCC1CCCCC1. The lowest BCUT2D eigenvalue weighted by molar-refractivity contribution is 0.322. The third-order valence-corrected chi connectivity index (χ3v) is 4.38. The molecule has 1 aromatic heterocycles. The van der Waals surface area contributed by atoms with Crippen LogP contribution in [0.4, 0.5) is 0 Å². The molecule has 0 aliphatic heterocycles. The van der Waals surface area contributed by atoms with Crippen LogP contribution in [-0.4, -0.2) is 15.6 Å². The first-order chi connectivity index (χ1) is 9.29. The van der Waals surface area contributed by atoms with Gasteiger partial charge in [-0.1, -0.05) is 39.0 Å². The van der Waals surface area contributed by atoms with Gasteiger partial charge in [0.15, 0.2) is 0 Å². The van der Waals surface area contributed by atoms with Gasteiger partial charge in [0.1, 0.15) is 5.82 Å². The Morgan fingerprint density at radius 1 is 1.37 bits per heavy atom. The number of hydrogen-bond acceptors (Lipinski definition) is 2. The maximum Gasteiger partial charge on any atom is 0.110 e. The highest BCUT2D eigenvalue weighted by Gasteiger charge is 2.15. The standard InChI is InChI=1S/C16H29N3/c1-2-11-19-12-10-18-16(19)13-15(17)9-8-14-6-4-3-5-7-14/h10,12,14-15H,2-9,11,13,17H2,1H3.